The Morgan fingerprint density at radius 2 is 1.72 bits per heavy atom. The lowest BCUT2D eigenvalue weighted by Crippen LogP contribution is -2.60. The van der Waals surface area contributed by atoms with Gasteiger partial charge in [-0.3, -0.25) is 9.59 Å². The summed E-state index contributed by atoms with van der Waals surface area (Å²) in [5, 5.41) is 50.9. The molecule has 5 N–H and O–H groups in total. The van der Waals surface area contributed by atoms with Crippen LogP contribution in [-0.2, 0) is 14.3 Å². The van der Waals surface area contributed by atoms with E-state index in [1.54, 1.807) is 0 Å². The number of aliphatic hydroxyl groups excluding tert-OH is 3. The molecule has 1 fully saturated rings. The van der Waals surface area contributed by atoms with Gasteiger partial charge in [0.1, 0.15) is 59.2 Å². The van der Waals surface area contributed by atoms with E-state index in [1.165, 1.54) is 43.5 Å². The van der Waals surface area contributed by atoms with E-state index in [4.69, 9.17) is 23.4 Å². The number of aliphatic hydroxyl groups is 3. The van der Waals surface area contributed by atoms with Gasteiger partial charge in [0.2, 0.25) is 17.5 Å². The van der Waals surface area contributed by atoms with Gasteiger partial charge >= 0.3 is 5.97 Å². The number of hydrogen-bond acceptors (Lipinski definition) is 12. The molecule has 1 aliphatic heterocycles. The first-order valence-corrected chi connectivity index (χ1v) is 10.8. The number of fused-ring (bicyclic) bond motifs is 1. The Balaban J connectivity index is 1.82. The normalized spacial score (nSPS) is 23.9. The van der Waals surface area contributed by atoms with E-state index in [0.29, 0.717) is 0 Å². The number of ether oxygens (including phenoxy) is 4. The Kier molecular flexibility index (Phi) is 7.04. The minimum absolute atomic E-state index is 0.0411. The first kappa shape index (κ1) is 25.3. The van der Waals surface area contributed by atoms with Crippen LogP contribution in [0.4, 0.5) is 0 Å². The molecule has 0 aliphatic carbocycles. The Morgan fingerprint density at radius 3 is 2.36 bits per heavy atom. The Bertz CT molecular complexity index is 1320. The van der Waals surface area contributed by atoms with E-state index in [1.807, 2.05) is 0 Å². The summed E-state index contributed by atoms with van der Waals surface area (Å²) in [5.41, 5.74) is -0.598. The van der Waals surface area contributed by atoms with E-state index >= 15 is 0 Å². The maximum atomic E-state index is 13.5. The van der Waals surface area contributed by atoms with Crippen molar-refractivity contribution in [1.82, 2.24) is 0 Å². The van der Waals surface area contributed by atoms with Crippen LogP contribution in [0.15, 0.2) is 45.6 Å². The second-order valence-corrected chi connectivity index (χ2v) is 8.09. The molecule has 12 heteroatoms. The fraction of sp³-hybridized carbons (Fsp3) is 0.333. The zero-order chi connectivity index (χ0) is 26.1. The van der Waals surface area contributed by atoms with Crippen LogP contribution < -0.4 is 14.9 Å². The van der Waals surface area contributed by atoms with Gasteiger partial charge in [-0.2, -0.15) is 0 Å². The van der Waals surface area contributed by atoms with E-state index in [9.17, 15) is 35.1 Å². The molecule has 0 spiro atoms. The zero-order valence-corrected chi connectivity index (χ0v) is 19.2. The minimum Gasteiger partial charge on any atom is -0.508 e. The molecule has 1 aliphatic rings. The summed E-state index contributed by atoms with van der Waals surface area (Å²) in [6.45, 7) is 0.679. The maximum absolute atomic E-state index is 13.5. The van der Waals surface area contributed by atoms with Crippen LogP contribution in [0.1, 0.15) is 6.92 Å². The molecule has 2 aromatic carbocycles. The van der Waals surface area contributed by atoms with E-state index < -0.39 is 60.2 Å². The summed E-state index contributed by atoms with van der Waals surface area (Å²) in [4.78, 5) is 24.7. The number of esters is 1. The van der Waals surface area contributed by atoms with Crippen LogP contribution in [0, 0.1) is 0 Å². The third-order valence-electron chi connectivity index (χ3n) is 5.62. The largest absolute Gasteiger partial charge is 0.508 e. The smallest absolute Gasteiger partial charge is 0.302 e. The molecule has 36 heavy (non-hydrogen) atoms. The van der Waals surface area contributed by atoms with Gasteiger partial charge in [-0.15, -0.1) is 0 Å². The Morgan fingerprint density at radius 1 is 1.03 bits per heavy atom. The van der Waals surface area contributed by atoms with E-state index in [0.717, 1.165) is 6.92 Å². The lowest BCUT2D eigenvalue weighted by Gasteiger charge is -2.39. The van der Waals surface area contributed by atoms with Crippen LogP contribution >= 0.6 is 0 Å². The average Bonchev–Trinajstić information content (AvgIpc) is 2.84. The van der Waals surface area contributed by atoms with Crippen LogP contribution in [0.2, 0.25) is 0 Å². The lowest BCUT2D eigenvalue weighted by atomic mass is 9.99. The van der Waals surface area contributed by atoms with Crippen LogP contribution in [0.5, 0.6) is 23.0 Å². The lowest BCUT2D eigenvalue weighted by molar-refractivity contribution is -0.278. The van der Waals surface area contributed by atoms with E-state index in [2.05, 4.69) is 0 Å². The summed E-state index contributed by atoms with van der Waals surface area (Å²) in [6.07, 6.45) is -8.21. The number of methoxy groups -OCH3 is 1. The summed E-state index contributed by atoms with van der Waals surface area (Å²) in [6, 6.07) is 8.14. The van der Waals surface area contributed by atoms with Crippen LogP contribution in [0.3, 0.4) is 0 Å². The molecule has 5 unspecified atom stereocenters. The van der Waals surface area contributed by atoms with Crippen molar-refractivity contribution >= 4 is 16.9 Å². The molecule has 192 valence electrons. The van der Waals surface area contributed by atoms with Gasteiger partial charge in [-0.05, 0) is 24.3 Å². The number of carbonyl (C=O) groups is 1. The molecule has 12 nitrogen and oxygen atoms in total. The first-order valence-electron chi connectivity index (χ1n) is 10.8. The summed E-state index contributed by atoms with van der Waals surface area (Å²) in [7, 11) is 1.37. The molecule has 2 heterocycles. The predicted molar refractivity (Wildman–Crippen MR) is 122 cm³/mol. The monoisotopic (exact) mass is 504 g/mol. The van der Waals surface area contributed by atoms with Crippen LogP contribution in [0.25, 0.3) is 22.3 Å². The van der Waals surface area contributed by atoms with Crippen molar-refractivity contribution in [3.8, 4) is 34.3 Å². The molecule has 0 bridgehead atoms. The Hall–Kier alpha value is -3.84. The van der Waals surface area contributed by atoms with Crippen molar-refractivity contribution in [3.05, 3.63) is 46.6 Å². The standard InChI is InChI=1S/C24H24O12/c1-10(25)33-9-16-18(28)20(30)21(31)24(35-16)36-23-19(29)17-14(27)7-13(32-2)8-15(17)34-22(23)11-3-5-12(26)6-4-11/h3-8,16,18,20-21,24,26-28,30-31H,9H2,1-2H3. The fourth-order valence-electron chi connectivity index (χ4n) is 3.75. The molecule has 1 saturated heterocycles. The number of rotatable bonds is 6. The third-order valence-corrected chi connectivity index (χ3v) is 5.62. The van der Waals surface area contributed by atoms with E-state index in [-0.39, 0.29) is 33.8 Å². The molecular formula is C24H24O12. The van der Waals surface area contributed by atoms with Gasteiger partial charge in [0.05, 0.1) is 7.11 Å². The van der Waals surface area contributed by atoms with Gasteiger partial charge in [-0.1, -0.05) is 0 Å². The van der Waals surface area contributed by atoms with Crippen LogP contribution in [-0.4, -0.2) is 75.9 Å². The summed E-state index contributed by atoms with van der Waals surface area (Å²) < 4.78 is 27.1. The second-order valence-electron chi connectivity index (χ2n) is 8.09. The van der Waals surface area contributed by atoms with Gasteiger partial charge in [-0.25, -0.2) is 0 Å². The number of phenolic OH excluding ortho intramolecular Hbond substituents is 2. The molecule has 1 aromatic heterocycles. The SMILES string of the molecule is COc1cc(O)c2c(=O)c(OC3OC(COC(C)=O)C(O)C(O)C3O)c(-c3ccc(O)cc3)oc2c1. The molecule has 5 atom stereocenters. The van der Waals surface area contributed by atoms with Crippen molar-refractivity contribution in [1.29, 1.82) is 0 Å². The highest BCUT2D eigenvalue weighted by Gasteiger charge is 2.46. The molecule has 0 radical (unpaired) electrons. The van der Waals surface area contributed by atoms with Gasteiger partial charge in [0.25, 0.3) is 0 Å². The van der Waals surface area contributed by atoms with Gasteiger partial charge in [0.15, 0.2) is 5.76 Å². The number of benzene rings is 2. The molecular weight excluding hydrogens is 480 g/mol. The quantitative estimate of drug-likeness (QED) is 0.295. The number of carbonyl (C=O) groups excluding carboxylic acids is 1. The van der Waals surface area contributed by atoms with Crippen molar-refractivity contribution < 1.29 is 53.7 Å². The number of hydrogen-bond donors (Lipinski definition) is 5. The summed E-state index contributed by atoms with van der Waals surface area (Å²) in [5.74, 6) is -1.61. The molecule has 4 rings (SSSR count). The number of aromatic hydroxyl groups is 2. The highest BCUT2D eigenvalue weighted by molar-refractivity contribution is 5.88. The Labute approximate surface area is 203 Å². The molecule has 0 saturated carbocycles. The molecule has 0 amide bonds. The third kappa shape index (κ3) is 4.79. The molecule has 3 aromatic rings. The highest BCUT2D eigenvalue weighted by Crippen LogP contribution is 2.37. The zero-order valence-electron chi connectivity index (χ0n) is 19.2. The van der Waals surface area contributed by atoms with Crippen molar-refractivity contribution in [2.75, 3.05) is 13.7 Å². The predicted octanol–water partition coefficient (Wildman–Crippen LogP) is 0.629. The number of phenols is 2. The average molecular weight is 504 g/mol. The maximum Gasteiger partial charge on any atom is 0.302 e. The van der Waals surface area contributed by atoms with Gasteiger partial charge < -0.3 is 48.9 Å². The first-order chi connectivity index (χ1) is 17.1. The topological polar surface area (TPSA) is 185 Å². The summed E-state index contributed by atoms with van der Waals surface area (Å²) >= 11 is 0. The van der Waals surface area contributed by atoms with Crippen molar-refractivity contribution in [3.63, 3.8) is 0 Å². The fourth-order valence-corrected chi connectivity index (χ4v) is 3.75. The minimum atomic E-state index is -1.82. The second kappa shape index (κ2) is 10.0. The van der Waals surface area contributed by atoms with Gasteiger partial charge in [0, 0.05) is 24.6 Å². The van der Waals surface area contributed by atoms with Crippen molar-refractivity contribution in [2.45, 2.75) is 37.6 Å². The highest BCUT2D eigenvalue weighted by atomic mass is 16.7. The van der Waals surface area contributed by atoms with Crippen molar-refractivity contribution in [2.24, 2.45) is 0 Å².